The standard InChI is InChI=1S/C21H11Br2N/c22-20-8-9-21(23)19-11-17(14(12-24)10-18(19)20)16-7-3-5-13-4-1-2-6-15(13)16/h1-11H. The molecule has 114 valence electrons. The molecule has 0 saturated heterocycles. The number of nitriles is 1. The Hall–Kier alpha value is -2.15. The SMILES string of the molecule is N#Cc1cc2c(Br)ccc(Br)c2cc1-c1cccc2ccccc12. The molecule has 0 spiro atoms. The molecule has 4 rings (SSSR count). The van der Waals surface area contributed by atoms with E-state index in [0.29, 0.717) is 5.56 Å². The van der Waals surface area contributed by atoms with Crippen molar-refractivity contribution in [2.45, 2.75) is 0 Å². The number of halogens is 2. The molecule has 3 heteroatoms. The molecule has 24 heavy (non-hydrogen) atoms. The normalized spacial score (nSPS) is 10.9. The maximum Gasteiger partial charge on any atom is 0.0998 e. The van der Waals surface area contributed by atoms with E-state index in [4.69, 9.17) is 0 Å². The predicted molar refractivity (Wildman–Crippen MR) is 107 cm³/mol. The Morgan fingerprint density at radius 3 is 2.08 bits per heavy atom. The van der Waals surface area contributed by atoms with Gasteiger partial charge in [0.15, 0.2) is 0 Å². The van der Waals surface area contributed by atoms with Crippen LogP contribution in [0.2, 0.25) is 0 Å². The Morgan fingerprint density at radius 1 is 0.667 bits per heavy atom. The summed E-state index contributed by atoms with van der Waals surface area (Å²) >= 11 is 7.21. The fourth-order valence-corrected chi connectivity index (χ4v) is 4.02. The molecule has 0 radical (unpaired) electrons. The zero-order valence-electron chi connectivity index (χ0n) is 12.6. The molecule has 0 aliphatic heterocycles. The monoisotopic (exact) mass is 435 g/mol. The summed E-state index contributed by atoms with van der Waals surface area (Å²) in [4.78, 5) is 0. The lowest BCUT2D eigenvalue weighted by molar-refractivity contribution is 1.49. The van der Waals surface area contributed by atoms with Gasteiger partial charge in [-0.25, -0.2) is 0 Å². The first-order valence-corrected chi connectivity index (χ1v) is 9.07. The van der Waals surface area contributed by atoms with Crippen LogP contribution in [0.4, 0.5) is 0 Å². The van der Waals surface area contributed by atoms with Crippen LogP contribution in [0, 0.1) is 11.3 Å². The molecule has 4 aromatic carbocycles. The van der Waals surface area contributed by atoms with Gasteiger partial charge in [0.05, 0.1) is 11.6 Å². The number of nitrogens with zero attached hydrogens (tertiary/aromatic N) is 1. The number of fused-ring (bicyclic) bond motifs is 2. The van der Waals surface area contributed by atoms with Crippen LogP contribution in [0.3, 0.4) is 0 Å². The maximum atomic E-state index is 9.69. The molecule has 0 aromatic heterocycles. The number of rotatable bonds is 1. The smallest absolute Gasteiger partial charge is 0.0998 e. The first-order valence-electron chi connectivity index (χ1n) is 7.49. The van der Waals surface area contributed by atoms with Gasteiger partial charge in [-0.3, -0.25) is 0 Å². The van der Waals surface area contributed by atoms with E-state index < -0.39 is 0 Å². The quantitative estimate of drug-likeness (QED) is 0.313. The van der Waals surface area contributed by atoms with Crippen LogP contribution < -0.4 is 0 Å². The highest BCUT2D eigenvalue weighted by molar-refractivity contribution is 9.11. The predicted octanol–water partition coefficient (Wildman–Crippen LogP) is 7.06. The second-order valence-corrected chi connectivity index (χ2v) is 7.32. The van der Waals surface area contributed by atoms with Gasteiger partial charge in [-0.1, -0.05) is 74.3 Å². The lowest BCUT2D eigenvalue weighted by atomic mass is 9.92. The Labute approximate surface area is 156 Å². The maximum absolute atomic E-state index is 9.69. The third-order valence-corrected chi connectivity index (χ3v) is 5.63. The third kappa shape index (κ3) is 2.43. The third-order valence-electron chi connectivity index (χ3n) is 4.25. The number of benzene rings is 4. The number of hydrogen-bond donors (Lipinski definition) is 0. The molecule has 0 fully saturated rings. The second-order valence-electron chi connectivity index (χ2n) is 5.61. The molecular weight excluding hydrogens is 426 g/mol. The first-order chi connectivity index (χ1) is 11.7. The molecule has 4 aromatic rings. The van der Waals surface area contributed by atoms with E-state index >= 15 is 0 Å². The van der Waals surface area contributed by atoms with E-state index in [2.05, 4.69) is 68.3 Å². The van der Waals surface area contributed by atoms with E-state index in [9.17, 15) is 5.26 Å². The highest BCUT2D eigenvalue weighted by Crippen LogP contribution is 2.38. The van der Waals surface area contributed by atoms with E-state index in [0.717, 1.165) is 36.2 Å². The molecule has 0 N–H and O–H groups in total. The Morgan fingerprint density at radius 2 is 1.33 bits per heavy atom. The van der Waals surface area contributed by atoms with Crippen LogP contribution in [0.15, 0.2) is 75.7 Å². The van der Waals surface area contributed by atoms with E-state index in [1.807, 2.05) is 36.4 Å². The van der Waals surface area contributed by atoms with Crippen LogP contribution >= 0.6 is 31.9 Å². The van der Waals surface area contributed by atoms with Gasteiger partial charge in [0.25, 0.3) is 0 Å². The van der Waals surface area contributed by atoms with E-state index in [1.165, 1.54) is 5.39 Å². The summed E-state index contributed by atoms with van der Waals surface area (Å²) in [5.74, 6) is 0. The summed E-state index contributed by atoms with van der Waals surface area (Å²) in [5.41, 5.74) is 2.72. The molecule has 0 bridgehead atoms. The van der Waals surface area contributed by atoms with Crippen molar-refractivity contribution in [3.8, 4) is 17.2 Å². The summed E-state index contributed by atoms with van der Waals surface area (Å²) in [6, 6.07) is 24.9. The minimum atomic E-state index is 0.678. The molecule has 0 heterocycles. The summed E-state index contributed by atoms with van der Waals surface area (Å²) < 4.78 is 2.01. The molecule has 0 saturated carbocycles. The van der Waals surface area contributed by atoms with Crippen LogP contribution in [0.25, 0.3) is 32.7 Å². The Kier molecular flexibility index (Phi) is 3.88. The minimum Gasteiger partial charge on any atom is -0.192 e. The van der Waals surface area contributed by atoms with Gasteiger partial charge in [-0.15, -0.1) is 0 Å². The zero-order chi connectivity index (χ0) is 16.7. The Bertz CT molecular complexity index is 1130. The van der Waals surface area contributed by atoms with Crippen molar-refractivity contribution in [3.05, 3.63) is 81.2 Å². The highest BCUT2D eigenvalue weighted by Gasteiger charge is 2.13. The second kappa shape index (κ2) is 6.05. The largest absolute Gasteiger partial charge is 0.192 e. The zero-order valence-corrected chi connectivity index (χ0v) is 15.7. The van der Waals surface area contributed by atoms with Gasteiger partial charge in [-0.2, -0.15) is 5.26 Å². The molecule has 0 amide bonds. The Balaban J connectivity index is 2.13. The first kappa shape index (κ1) is 15.4. The van der Waals surface area contributed by atoms with Crippen molar-refractivity contribution >= 4 is 53.4 Å². The fourth-order valence-electron chi connectivity index (χ4n) is 3.10. The average Bonchev–Trinajstić information content (AvgIpc) is 2.63. The topological polar surface area (TPSA) is 23.8 Å². The van der Waals surface area contributed by atoms with Crippen LogP contribution in [0.5, 0.6) is 0 Å². The van der Waals surface area contributed by atoms with Crippen molar-refractivity contribution in [2.75, 3.05) is 0 Å². The van der Waals surface area contributed by atoms with Gasteiger partial charge in [0.2, 0.25) is 0 Å². The van der Waals surface area contributed by atoms with Gasteiger partial charge in [0.1, 0.15) is 0 Å². The minimum absolute atomic E-state index is 0.678. The van der Waals surface area contributed by atoms with Gasteiger partial charge in [-0.05, 0) is 51.4 Å². The summed E-state index contributed by atoms with van der Waals surface area (Å²) in [5, 5.41) is 14.1. The van der Waals surface area contributed by atoms with Crippen molar-refractivity contribution in [3.63, 3.8) is 0 Å². The molecule has 0 aliphatic rings. The molecule has 0 aliphatic carbocycles. The molecule has 0 atom stereocenters. The van der Waals surface area contributed by atoms with Gasteiger partial charge in [0, 0.05) is 14.5 Å². The summed E-state index contributed by atoms with van der Waals surface area (Å²) in [7, 11) is 0. The molecule has 0 unspecified atom stereocenters. The van der Waals surface area contributed by atoms with Crippen molar-refractivity contribution < 1.29 is 0 Å². The van der Waals surface area contributed by atoms with Crippen LogP contribution in [-0.2, 0) is 0 Å². The van der Waals surface area contributed by atoms with Crippen molar-refractivity contribution in [1.29, 1.82) is 5.26 Å². The van der Waals surface area contributed by atoms with Crippen molar-refractivity contribution in [2.24, 2.45) is 0 Å². The summed E-state index contributed by atoms with van der Waals surface area (Å²) in [6.07, 6.45) is 0. The highest BCUT2D eigenvalue weighted by atomic mass is 79.9. The fraction of sp³-hybridized carbons (Fsp3) is 0. The lowest BCUT2D eigenvalue weighted by Gasteiger charge is -2.12. The van der Waals surface area contributed by atoms with Crippen molar-refractivity contribution in [1.82, 2.24) is 0 Å². The lowest BCUT2D eigenvalue weighted by Crippen LogP contribution is -1.89. The average molecular weight is 437 g/mol. The molecular formula is C21H11Br2N. The van der Waals surface area contributed by atoms with Gasteiger partial charge < -0.3 is 0 Å². The van der Waals surface area contributed by atoms with E-state index in [1.54, 1.807) is 0 Å². The van der Waals surface area contributed by atoms with Crippen LogP contribution in [-0.4, -0.2) is 0 Å². The number of hydrogen-bond acceptors (Lipinski definition) is 1. The van der Waals surface area contributed by atoms with Crippen LogP contribution in [0.1, 0.15) is 5.56 Å². The summed E-state index contributed by atoms with van der Waals surface area (Å²) in [6.45, 7) is 0. The van der Waals surface area contributed by atoms with E-state index in [-0.39, 0.29) is 0 Å². The molecule has 1 nitrogen and oxygen atoms in total. The van der Waals surface area contributed by atoms with Gasteiger partial charge >= 0.3 is 0 Å².